The lowest BCUT2D eigenvalue weighted by Gasteiger charge is -2.34. The Labute approximate surface area is 73.1 Å². The Balaban J connectivity index is 1.82. The Bertz CT molecular complexity index is 128. The molecule has 0 amide bonds. The van der Waals surface area contributed by atoms with Gasteiger partial charge in [0.05, 0.1) is 0 Å². The van der Waals surface area contributed by atoms with Gasteiger partial charge in [-0.1, -0.05) is 12.8 Å². The molecule has 64 valence electrons. The molecule has 1 heterocycles. The summed E-state index contributed by atoms with van der Waals surface area (Å²) in [5.74, 6) is 2.22. The van der Waals surface area contributed by atoms with Crippen LogP contribution in [0.1, 0.15) is 32.1 Å². The molecule has 2 unspecified atom stereocenters. The number of thioether (sulfide) groups is 1. The minimum Gasteiger partial charge on any atom is -0.326 e. The van der Waals surface area contributed by atoms with Crippen LogP contribution in [0.25, 0.3) is 0 Å². The van der Waals surface area contributed by atoms with E-state index in [1.54, 1.807) is 0 Å². The van der Waals surface area contributed by atoms with Gasteiger partial charge in [0.2, 0.25) is 0 Å². The smallest absolute Gasteiger partial charge is 0.0209 e. The second-order valence-corrected chi connectivity index (χ2v) is 5.17. The summed E-state index contributed by atoms with van der Waals surface area (Å²) in [4.78, 5) is 0. The lowest BCUT2D eigenvalue weighted by atomic mass is 9.94. The van der Waals surface area contributed by atoms with Gasteiger partial charge in [0.1, 0.15) is 0 Å². The van der Waals surface area contributed by atoms with Crippen molar-refractivity contribution < 1.29 is 0 Å². The summed E-state index contributed by atoms with van der Waals surface area (Å²) in [7, 11) is 0. The van der Waals surface area contributed by atoms with E-state index >= 15 is 0 Å². The van der Waals surface area contributed by atoms with Crippen molar-refractivity contribution in [2.75, 3.05) is 5.75 Å². The van der Waals surface area contributed by atoms with Gasteiger partial charge >= 0.3 is 0 Å². The molecule has 0 radical (unpaired) electrons. The topological polar surface area (TPSA) is 26.0 Å². The van der Waals surface area contributed by atoms with Crippen LogP contribution in [0.2, 0.25) is 0 Å². The second kappa shape index (κ2) is 3.36. The minimum absolute atomic E-state index is 0.524. The molecule has 0 aromatic rings. The van der Waals surface area contributed by atoms with E-state index in [4.69, 9.17) is 5.73 Å². The maximum Gasteiger partial charge on any atom is 0.0209 e. The van der Waals surface area contributed by atoms with Crippen molar-refractivity contribution in [1.82, 2.24) is 0 Å². The molecule has 2 heteroatoms. The molecule has 2 N–H and O–H groups in total. The molecule has 1 aliphatic carbocycles. The molecular weight excluding hydrogens is 154 g/mol. The lowest BCUT2D eigenvalue weighted by Crippen LogP contribution is -2.42. The fourth-order valence-corrected chi connectivity index (χ4v) is 3.16. The molecule has 1 aliphatic heterocycles. The number of rotatable bonds is 2. The van der Waals surface area contributed by atoms with Crippen LogP contribution in [0.5, 0.6) is 0 Å². The SMILES string of the molecule is NC(C1CCCC1)C1CCS1. The maximum absolute atomic E-state index is 6.16. The highest BCUT2D eigenvalue weighted by Gasteiger charge is 2.32. The van der Waals surface area contributed by atoms with Gasteiger partial charge in [-0.25, -0.2) is 0 Å². The third kappa shape index (κ3) is 1.57. The Morgan fingerprint density at radius 3 is 2.27 bits per heavy atom. The normalized spacial score (nSPS) is 35.2. The van der Waals surface area contributed by atoms with Crippen LogP contribution in [0.15, 0.2) is 0 Å². The van der Waals surface area contributed by atoms with Gasteiger partial charge in [-0.3, -0.25) is 0 Å². The number of hydrogen-bond donors (Lipinski definition) is 1. The van der Waals surface area contributed by atoms with Crippen LogP contribution in [0.4, 0.5) is 0 Å². The van der Waals surface area contributed by atoms with Gasteiger partial charge in [-0.05, 0) is 30.9 Å². The molecular formula is C9H17NS. The van der Waals surface area contributed by atoms with E-state index in [-0.39, 0.29) is 0 Å². The van der Waals surface area contributed by atoms with Crippen molar-refractivity contribution >= 4 is 11.8 Å². The zero-order valence-corrected chi connectivity index (χ0v) is 7.78. The van der Waals surface area contributed by atoms with E-state index in [0.29, 0.717) is 6.04 Å². The summed E-state index contributed by atoms with van der Waals surface area (Å²) in [5, 5.41) is 0.818. The summed E-state index contributed by atoms with van der Waals surface area (Å²) in [5.41, 5.74) is 6.16. The maximum atomic E-state index is 6.16. The third-order valence-corrected chi connectivity index (χ3v) is 4.56. The highest BCUT2D eigenvalue weighted by molar-refractivity contribution is 8.01. The Kier molecular flexibility index (Phi) is 2.42. The second-order valence-electron chi connectivity index (χ2n) is 3.82. The average Bonchev–Trinajstić information content (AvgIpc) is 2.32. The summed E-state index contributed by atoms with van der Waals surface area (Å²) in [6.45, 7) is 0. The zero-order chi connectivity index (χ0) is 7.68. The minimum atomic E-state index is 0.524. The Hall–Kier alpha value is 0.310. The predicted octanol–water partition coefficient (Wildman–Crippen LogP) is 2.01. The van der Waals surface area contributed by atoms with E-state index in [2.05, 4.69) is 11.8 Å². The van der Waals surface area contributed by atoms with E-state index < -0.39 is 0 Å². The molecule has 0 aromatic heterocycles. The van der Waals surface area contributed by atoms with Gasteiger partial charge in [0, 0.05) is 11.3 Å². The first kappa shape index (κ1) is 7.93. The first-order valence-electron chi connectivity index (χ1n) is 4.75. The van der Waals surface area contributed by atoms with Crippen molar-refractivity contribution in [2.45, 2.75) is 43.4 Å². The van der Waals surface area contributed by atoms with Gasteiger partial charge < -0.3 is 5.73 Å². The molecule has 2 fully saturated rings. The standard InChI is InChI=1S/C9H17NS/c10-9(8-5-6-11-8)7-3-1-2-4-7/h7-9H,1-6,10H2. The summed E-state index contributed by atoms with van der Waals surface area (Å²) < 4.78 is 0. The van der Waals surface area contributed by atoms with Crippen LogP contribution in [-0.2, 0) is 0 Å². The fraction of sp³-hybridized carbons (Fsp3) is 1.00. The van der Waals surface area contributed by atoms with Crippen molar-refractivity contribution in [1.29, 1.82) is 0 Å². The molecule has 1 saturated heterocycles. The van der Waals surface area contributed by atoms with Crippen LogP contribution in [0.3, 0.4) is 0 Å². The van der Waals surface area contributed by atoms with Gasteiger partial charge in [-0.15, -0.1) is 0 Å². The molecule has 2 atom stereocenters. The zero-order valence-electron chi connectivity index (χ0n) is 6.96. The molecule has 1 saturated carbocycles. The van der Waals surface area contributed by atoms with Crippen LogP contribution in [-0.4, -0.2) is 17.0 Å². The van der Waals surface area contributed by atoms with E-state index in [1.807, 2.05) is 0 Å². The average molecular weight is 171 g/mol. The summed E-state index contributed by atoms with van der Waals surface area (Å²) in [6, 6.07) is 0.524. The fourth-order valence-electron chi connectivity index (χ4n) is 2.20. The highest BCUT2D eigenvalue weighted by atomic mass is 32.2. The van der Waals surface area contributed by atoms with Crippen LogP contribution < -0.4 is 5.73 Å². The van der Waals surface area contributed by atoms with Gasteiger partial charge in [0.25, 0.3) is 0 Å². The predicted molar refractivity (Wildman–Crippen MR) is 50.8 cm³/mol. The Morgan fingerprint density at radius 2 is 1.82 bits per heavy atom. The molecule has 0 bridgehead atoms. The van der Waals surface area contributed by atoms with E-state index in [1.165, 1.54) is 37.9 Å². The molecule has 1 nitrogen and oxygen atoms in total. The first-order chi connectivity index (χ1) is 5.38. The molecule has 2 aliphatic rings. The molecule has 11 heavy (non-hydrogen) atoms. The molecule has 0 aromatic carbocycles. The first-order valence-corrected chi connectivity index (χ1v) is 5.80. The van der Waals surface area contributed by atoms with Gasteiger partial charge in [0.15, 0.2) is 0 Å². The monoisotopic (exact) mass is 171 g/mol. The summed E-state index contributed by atoms with van der Waals surface area (Å²) in [6.07, 6.45) is 7.03. The number of hydrogen-bond acceptors (Lipinski definition) is 2. The van der Waals surface area contributed by atoms with Crippen molar-refractivity contribution in [2.24, 2.45) is 11.7 Å². The van der Waals surface area contributed by atoms with Crippen LogP contribution >= 0.6 is 11.8 Å². The van der Waals surface area contributed by atoms with Crippen LogP contribution in [0, 0.1) is 5.92 Å². The third-order valence-electron chi connectivity index (χ3n) is 3.11. The van der Waals surface area contributed by atoms with E-state index in [9.17, 15) is 0 Å². The quantitative estimate of drug-likeness (QED) is 0.688. The van der Waals surface area contributed by atoms with E-state index in [0.717, 1.165) is 11.2 Å². The van der Waals surface area contributed by atoms with Crippen molar-refractivity contribution in [3.05, 3.63) is 0 Å². The molecule has 0 spiro atoms. The lowest BCUT2D eigenvalue weighted by molar-refractivity contribution is 0.408. The number of nitrogens with two attached hydrogens (primary N) is 1. The summed E-state index contributed by atoms with van der Waals surface area (Å²) >= 11 is 2.08. The van der Waals surface area contributed by atoms with Crippen molar-refractivity contribution in [3.63, 3.8) is 0 Å². The van der Waals surface area contributed by atoms with Gasteiger partial charge in [-0.2, -0.15) is 11.8 Å². The molecule has 2 rings (SSSR count). The Morgan fingerprint density at radius 1 is 1.18 bits per heavy atom. The van der Waals surface area contributed by atoms with Crippen molar-refractivity contribution in [3.8, 4) is 0 Å². The highest BCUT2D eigenvalue weighted by Crippen LogP contribution is 2.37. The largest absolute Gasteiger partial charge is 0.326 e.